The smallest absolute Gasteiger partial charge is 0.213 e. The molecule has 1 N–H and O–H groups in total. The number of phenolic OH excluding ortho intramolecular Hbond substituents is 1. The van der Waals surface area contributed by atoms with Crippen LogP contribution >= 0.6 is 0 Å². The van der Waals surface area contributed by atoms with Crippen molar-refractivity contribution in [1.82, 2.24) is 19.8 Å². The summed E-state index contributed by atoms with van der Waals surface area (Å²) < 4.78 is 13.8. The monoisotopic (exact) mass is 352 g/mol. The Kier molecular flexibility index (Phi) is 4.53. The van der Waals surface area contributed by atoms with Crippen LogP contribution < -0.4 is 0 Å². The van der Waals surface area contributed by atoms with Gasteiger partial charge >= 0.3 is 0 Å². The highest BCUT2D eigenvalue weighted by molar-refractivity contribution is 5.85. The molecule has 3 heterocycles. The van der Waals surface area contributed by atoms with E-state index in [0.717, 1.165) is 31.6 Å². The van der Waals surface area contributed by atoms with Crippen LogP contribution in [0.25, 0.3) is 10.9 Å². The molecule has 0 radical (unpaired) electrons. The van der Waals surface area contributed by atoms with Crippen molar-refractivity contribution in [2.45, 2.75) is 6.04 Å². The van der Waals surface area contributed by atoms with Crippen LogP contribution in [0.3, 0.4) is 0 Å². The van der Waals surface area contributed by atoms with Crippen LogP contribution in [-0.4, -0.2) is 58.1 Å². The molecule has 1 aromatic carbocycles. The number of piperazine rings is 1. The van der Waals surface area contributed by atoms with Crippen molar-refractivity contribution in [3.05, 3.63) is 65.9 Å². The van der Waals surface area contributed by atoms with Gasteiger partial charge in [-0.05, 0) is 25.2 Å². The minimum absolute atomic E-state index is 0.137. The van der Waals surface area contributed by atoms with Crippen LogP contribution in [0.4, 0.5) is 4.39 Å². The standard InChI is InChI=1S/C20H21FN4O/c1-24-10-12-25(13-11-24)19(16-5-2-6-17(21)23-16)15-8-7-14-4-3-9-22-18(14)20(15)26/h2-9,19,26H,10-13H2,1H3. The molecular formula is C20H21FN4O. The lowest BCUT2D eigenvalue weighted by Crippen LogP contribution is -2.46. The Bertz CT molecular complexity index is 925. The van der Waals surface area contributed by atoms with Gasteiger partial charge in [-0.15, -0.1) is 0 Å². The molecule has 4 rings (SSSR count). The summed E-state index contributed by atoms with van der Waals surface area (Å²) in [5, 5.41) is 11.8. The third-order valence-electron chi connectivity index (χ3n) is 4.99. The fourth-order valence-electron chi connectivity index (χ4n) is 3.57. The summed E-state index contributed by atoms with van der Waals surface area (Å²) in [4.78, 5) is 12.9. The summed E-state index contributed by atoms with van der Waals surface area (Å²) in [6.07, 6.45) is 1.66. The minimum Gasteiger partial charge on any atom is -0.505 e. The van der Waals surface area contributed by atoms with Gasteiger partial charge in [0.05, 0.1) is 11.7 Å². The van der Waals surface area contributed by atoms with Crippen molar-refractivity contribution in [1.29, 1.82) is 0 Å². The zero-order valence-electron chi connectivity index (χ0n) is 14.6. The van der Waals surface area contributed by atoms with E-state index in [1.807, 2.05) is 30.3 Å². The van der Waals surface area contributed by atoms with E-state index >= 15 is 0 Å². The number of aromatic hydroxyl groups is 1. The molecule has 0 aliphatic carbocycles. The lowest BCUT2D eigenvalue weighted by molar-refractivity contribution is 0.124. The molecular weight excluding hydrogens is 331 g/mol. The fraction of sp³-hybridized carbons (Fsp3) is 0.300. The maximum absolute atomic E-state index is 13.8. The topological polar surface area (TPSA) is 52.5 Å². The second-order valence-electron chi connectivity index (χ2n) is 6.71. The van der Waals surface area contributed by atoms with Gasteiger partial charge in [-0.3, -0.25) is 9.88 Å². The van der Waals surface area contributed by atoms with E-state index in [9.17, 15) is 9.50 Å². The fourth-order valence-corrected chi connectivity index (χ4v) is 3.57. The molecule has 1 atom stereocenters. The van der Waals surface area contributed by atoms with E-state index in [0.29, 0.717) is 16.8 Å². The molecule has 1 saturated heterocycles. The average Bonchev–Trinajstić information content (AvgIpc) is 2.66. The summed E-state index contributed by atoms with van der Waals surface area (Å²) in [6.45, 7) is 3.47. The second kappa shape index (κ2) is 6.97. The zero-order valence-corrected chi connectivity index (χ0v) is 14.6. The second-order valence-corrected chi connectivity index (χ2v) is 6.71. The van der Waals surface area contributed by atoms with Gasteiger partial charge in [-0.1, -0.05) is 24.3 Å². The van der Waals surface area contributed by atoms with Gasteiger partial charge in [0, 0.05) is 43.3 Å². The molecule has 2 aromatic heterocycles. The van der Waals surface area contributed by atoms with Gasteiger partial charge in [0.2, 0.25) is 5.95 Å². The van der Waals surface area contributed by atoms with Crippen molar-refractivity contribution in [3.63, 3.8) is 0 Å². The highest BCUT2D eigenvalue weighted by atomic mass is 19.1. The molecule has 3 aromatic rings. The van der Waals surface area contributed by atoms with E-state index in [2.05, 4.69) is 26.8 Å². The number of fused-ring (bicyclic) bond motifs is 1. The van der Waals surface area contributed by atoms with Gasteiger partial charge in [0.15, 0.2) is 0 Å². The molecule has 26 heavy (non-hydrogen) atoms. The van der Waals surface area contributed by atoms with Crippen LogP contribution in [0.15, 0.2) is 48.7 Å². The first-order chi connectivity index (χ1) is 12.6. The Hall–Kier alpha value is -2.57. The summed E-state index contributed by atoms with van der Waals surface area (Å²) in [6, 6.07) is 12.1. The lowest BCUT2D eigenvalue weighted by atomic mass is 9.97. The Labute approximate surface area is 151 Å². The highest BCUT2D eigenvalue weighted by Gasteiger charge is 2.29. The largest absolute Gasteiger partial charge is 0.505 e. The summed E-state index contributed by atoms with van der Waals surface area (Å²) in [5.41, 5.74) is 1.86. The molecule has 0 bridgehead atoms. The molecule has 1 fully saturated rings. The van der Waals surface area contributed by atoms with E-state index in [4.69, 9.17) is 0 Å². The van der Waals surface area contributed by atoms with Gasteiger partial charge in [0.25, 0.3) is 0 Å². The van der Waals surface area contributed by atoms with Gasteiger partial charge in [-0.25, -0.2) is 4.98 Å². The Balaban J connectivity index is 1.84. The number of rotatable bonds is 3. The molecule has 0 amide bonds. The van der Waals surface area contributed by atoms with Crippen molar-refractivity contribution in [3.8, 4) is 5.75 Å². The summed E-state index contributed by atoms with van der Waals surface area (Å²) in [5.74, 6) is -0.377. The normalized spacial score (nSPS) is 17.5. The van der Waals surface area contributed by atoms with Gasteiger partial charge in [0.1, 0.15) is 11.3 Å². The van der Waals surface area contributed by atoms with Crippen LogP contribution in [0.2, 0.25) is 0 Å². The number of aromatic nitrogens is 2. The first-order valence-corrected chi connectivity index (χ1v) is 8.75. The summed E-state index contributed by atoms with van der Waals surface area (Å²) >= 11 is 0. The van der Waals surface area contributed by atoms with E-state index in [1.54, 1.807) is 12.3 Å². The number of benzene rings is 1. The number of hydrogen-bond donors (Lipinski definition) is 1. The number of phenols is 1. The molecule has 1 aliphatic rings. The quantitative estimate of drug-likeness (QED) is 0.735. The number of halogens is 1. The zero-order chi connectivity index (χ0) is 18.1. The van der Waals surface area contributed by atoms with Crippen molar-refractivity contribution >= 4 is 10.9 Å². The maximum Gasteiger partial charge on any atom is 0.213 e. The Morgan fingerprint density at radius 3 is 2.62 bits per heavy atom. The van der Waals surface area contributed by atoms with Crippen LogP contribution in [0, 0.1) is 5.95 Å². The van der Waals surface area contributed by atoms with Gasteiger partial charge < -0.3 is 10.0 Å². The first-order valence-electron chi connectivity index (χ1n) is 8.75. The molecule has 0 saturated carbocycles. The first kappa shape index (κ1) is 16.9. The Morgan fingerprint density at radius 2 is 1.85 bits per heavy atom. The SMILES string of the molecule is CN1CCN(C(c2cccc(F)n2)c2ccc3cccnc3c2O)CC1. The number of hydrogen-bond acceptors (Lipinski definition) is 5. The van der Waals surface area contributed by atoms with Crippen LogP contribution in [-0.2, 0) is 0 Å². The van der Waals surface area contributed by atoms with Crippen molar-refractivity contribution in [2.75, 3.05) is 33.2 Å². The molecule has 0 spiro atoms. The van der Waals surface area contributed by atoms with E-state index in [1.165, 1.54) is 6.07 Å². The summed E-state index contributed by atoms with van der Waals surface area (Å²) in [7, 11) is 2.09. The van der Waals surface area contributed by atoms with Gasteiger partial charge in [-0.2, -0.15) is 4.39 Å². The Morgan fingerprint density at radius 1 is 1.04 bits per heavy atom. The predicted octanol–water partition coefficient (Wildman–Crippen LogP) is 2.81. The molecule has 134 valence electrons. The van der Waals surface area contributed by atoms with Crippen LogP contribution in [0.1, 0.15) is 17.3 Å². The predicted molar refractivity (Wildman–Crippen MR) is 98.5 cm³/mol. The number of nitrogens with zero attached hydrogens (tertiary/aromatic N) is 4. The van der Waals surface area contributed by atoms with Crippen molar-refractivity contribution < 1.29 is 9.50 Å². The number of pyridine rings is 2. The maximum atomic E-state index is 13.8. The van der Waals surface area contributed by atoms with E-state index in [-0.39, 0.29) is 11.8 Å². The average molecular weight is 352 g/mol. The highest BCUT2D eigenvalue weighted by Crippen LogP contribution is 2.37. The van der Waals surface area contributed by atoms with E-state index < -0.39 is 5.95 Å². The molecule has 6 heteroatoms. The molecule has 1 unspecified atom stereocenters. The third kappa shape index (κ3) is 3.13. The van der Waals surface area contributed by atoms with Crippen molar-refractivity contribution in [2.24, 2.45) is 0 Å². The minimum atomic E-state index is -0.514. The van der Waals surface area contributed by atoms with Crippen LogP contribution in [0.5, 0.6) is 5.75 Å². The lowest BCUT2D eigenvalue weighted by Gasteiger charge is -2.38. The number of likely N-dealkylation sites (N-methyl/N-ethyl adjacent to an activating group) is 1. The molecule has 1 aliphatic heterocycles. The molecule has 5 nitrogen and oxygen atoms in total. The third-order valence-corrected chi connectivity index (χ3v) is 4.99.